The molecule has 0 saturated carbocycles. The van der Waals surface area contributed by atoms with Gasteiger partial charge in [0.1, 0.15) is 0 Å². The van der Waals surface area contributed by atoms with E-state index in [1.54, 1.807) is 0 Å². The molecule has 214 valence electrons. The van der Waals surface area contributed by atoms with Crippen LogP contribution in [0.1, 0.15) is 16.7 Å². The molecule has 0 unspecified atom stereocenters. The summed E-state index contributed by atoms with van der Waals surface area (Å²) >= 11 is 0. The molecule has 8 rings (SSSR count). The maximum absolute atomic E-state index is 2.37. The highest BCUT2D eigenvalue weighted by atomic mass is 14.2. The number of aryl methyl sites for hydroxylation is 3. The molecule has 0 bridgehead atoms. The first-order valence-corrected chi connectivity index (χ1v) is 15.8. The van der Waals surface area contributed by atoms with E-state index in [9.17, 15) is 0 Å². The molecule has 0 saturated heterocycles. The average Bonchev–Trinajstić information content (AvgIpc) is 3.07. The molecule has 0 atom stereocenters. The fourth-order valence-corrected chi connectivity index (χ4v) is 7.46. The Hall–Kier alpha value is -5.46. The van der Waals surface area contributed by atoms with E-state index in [4.69, 9.17) is 0 Å². The quantitative estimate of drug-likeness (QED) is 0.183. The molecule has 0 radical (unpaired) electrons. The molecule has 0 N–H and O–H groups in total. The van der Waals surface area contributed by atoms with Crippen molar-refractivity contribution in [2.45, 2.75) is 20.8 Å². The molecule has 0 aromatic heterocycles. The second-order valence-electron chi connectivity index (χ2n) is 12.3. The van der Waals surface area contributed by atoms with Crippen LogP contribution in [0.15, 0.2) is 152 Å². The number of hydrogen-bond donors (Lipinski definition) is 0. The van der Waals surface area contributed by atoms with Gasteiger partial charge in [0.15, 0.2) is 0 Å². The van der Waals surface area contributed by atoms with Crippen molar-refractivity contribution in [2.24, 2.45) is 0 Å². The van der Waals surface area contributed by atoms with Gasteiger partial charge in [-0.3, -0.25) is 0 Å². The molecular weight excluding hydrogens is 540 g/mol. The second-order valence-corrected chi connectivity index (χ2v) is 12.3. The molecule has 0 aliphatic rings. The van der Waals surface area contributed by atoms with Gasteiger partial charge in [-0.15, -0.1) is 0 Å². The van der Waals surface area contributed by atoms with E-state index in [1.165, 1.54) is 93.5 Å². The van der Waals surface area contributed by atoms with Gasteiger partial charge in [0.2, 0.25) is 0 Å². The SMILES string of the molecule is Cc1cc(C)c(-c2c3ccccc3c(-c3ccc4cc(-c5ccccc5-c5ccccc5)ccc4c3)c3ccccc23)c(C)c1. The number of benzene rings is 8. The van der Waals surface area contributed by atoms with Crippen molar-refractivity contribution in [3.05, 3.63) is 168 Å². The Bertz CT molecular complexity index is 2310. The summed E-state index contributed by atoms with van der Waals surface area (Å²) in [6, 6.07) is 55.8. The van der Waals surface area contributed by atoms with Gasteiger partial charge in [-0.1, -0.05) is 145 Å². The van der Waals surface area contributed by atoms with E-state index < -0.39 is 0 Å². The first-order chi connectivity index (χ1) is 22.1. The lowest BCUT2D eigenvalue weighted by molar-refractivity contribution is 1.33. The zero-order valence-electron chi connectivity index (χ0n) is 25.9. The molecule has 0 fully saturated rings. The molecule has 0 spiro atoms. The predicted octanol–water partition coefficient (Wildman–Crippen LogP) is 12.7. The van der Waals surface area contributed by atoms with E-state index in [0.717, 1.165) is 0 Å². The average molecular weight is 575 g/mol. The number of rotatable bonds is 4. The Morgan fingerprint density at radius 2 is 0.756 bits per heavy atom. The Labute approximate surface area is 265 Å². The molecular formula is C45H34. The van der Waals surface area contributed by atoms with E-state index in [0.29, 0.717) is 0 Å². The van der Waals surface area contributed by atoms with Gasteiger partial charge < -0.3 is 0 Å². The molecule has 0 heterocycles. The van der Waals surface area contributed by atoms with E-state index in [1.807, 2.05) is 0 Å². The third kappa shape index (κ3) is 4.62. The summed E-state index contributed by atoms with van der Waals surface area (Å²) in [5.74, 6) is 0. The molecule has 8 aromatic carbocycles. The minimum atomic E-state index is 1.23. The van der Waals surface area contributed by atoms with Gasteiger partial charge in [-0.2, -0.15) is 0 Å². The summed E-state index contributed by atoms with van der Waals surface area (Å²) in [6.07, 6.45) is 0. The first-order valence-electron chi connectivity index (χ1n) is 15.8. The van der Waals surface area contributed by atoms with Crippen molar-refractivity contribution >= 4 is 32.3 Å². The Balaban J connectivity index is 1.33. The highest BCUT2D eigenvalue weighted by Gasteiger charge is 2.19. The van der Waals surface area contributed by atoms with Crippen LogP contribution in [-0.4, -0.2) is 0 Å². The smallest absolute Gasteiger partial charge is 0.00210 e. The summed E-state index contributed by atoms with van der Waals surface area (Å²) < 4.78 is 0. The van der Waals surface area contributed by atoms with Gasteiger partial charge in [0.25, 0.3) is 0 Å². The van der Waals surface area contributed by atoms with Crippen LogP contribution in [0.5, 0.6) is 0 Å². The zero-order valence-corrected chi connectivity index (χ0v) is 25.9. The summed E-state index contributed by atoms with van der Waals surface area (Å²) in [4.78, 5) is 0. The standard InChI is InChI=1S/C45H34/c1-29-25-30(2)43(31(3)26-29)45-41-19-11-9-17-39(41)44(40-18-10-12-20-42(40)45)36-24-22-33-27-35(23-21-34(33)28-36)38-16-8-7-15-37(38)32-13-5-4-6-14-32/h4-28H,1-3H3. The van der Waals surface area contributed by atoms with Crippen LogP contribution >= 0.6 is 0 Å². The highest BCUT2D eigenvalue weighted by molar-refractivity contribution is 6.22. The van der Waals surface area contributed by atoms with Gasteiger partial charge in [-0.25, -0.2) is 0 Å². The monoisotopic (exact) mass is 574 g/mol. The molecule has 0 aliphatic carbocycles. The van der Waals surface area contributed by atoms with Crippen LogP contribution in [0, 0.1) is 20.8 Å². The highest BCUT2D eigenvalue weighted by Crippen LogP contribution is 2.46. The molecule has 45 heavy (non-hydrogen) atoms. The molecule has 0 amide bonds. The van der Waals surface area contributed by atoms with Gasteiger partial charge in [-0.05, 0) is 121 Å². The van der Waals surface area contributed by atoms with E-state index >= 15 is 0 Å². The molecule has 0 aliphatic heterocycles. The predicted molar refractivity (Wildman–Crippen MR) is 195 cm³/mol. The minimum Gasteiger partial charge on any atom is -0.0622 e. The number of fused-ring (bicyclic) bond motifs is 3. The number of hydrogen-bond acceptors (Lipinski definition) is 0. The summed E-state index contributed by atoms with van der Waals surface area (Å²) in [7, 11) is 0. The summed E-state index contributed by atoms with van der Waals surface area (Å²) in [6.45, 7) is 6.69. The van der Waals surface area contributed by atoms with Crippen LogP contribution in [-0.2, 0) is 0 Å². The van der Waals surface area contributed by atoms with Crippen LogP contribution in [0.2, 0.25) is 0 Å². The van der Waals surface area contributed by atoms with Crippen LogP contribution in [0.3, 0.4) is 0 Å². The normalized spacial score (nSPS) is 11.4. The summed E-state index contributed by atoms with van der Waals surface area (Å²) in [5.41, 5.74) is 14.2. The van der Waals surface area contributed by atoms with Crippen molar-refractivity contribution in [3.63, 3.8) is 0 Å². The Morgan fingerprint density at radius 3 is 1.33 bits per heavy atom. The van der Waals surface area contributed by atoms with Gasteiger partial charge in [0, 0.05) is 0 Å². The zero-order chi connectivity index (χ0) is 30.5. The van der Waals surface area contributed by atoms with Crippen molar-refractivity contribution in [1.82, 2.24) is 0 Å². The second kappa shape index (κ2) is 10.9. The minimum absolute atomic E-state index is 1.23. The Kier molecular flexibility index (Phi) is 6.58. The summed E-state index contributed by atoms with van der Waals surface area (Å²) in [5, 5.41) is 7.67. The molecule has 0 nitrogen and oxygen atoms in total. The van der Waals surface area contributed by atoms with Crippen molar-refractivity contribution < 1.29 is 0 Å². The third-order valence-electron chi connectivity index (χ3n) is 9.31. The van der Waals surface area contributed by atoms with Crippen LogP contribution in [0.25, 0.3) is 76.8 Å². The van der Waals surface area contributed by atoms with Crippen LogP contribution < -0.4 is 0 Å². The van der Waals surface area contributed by atoms with Gasteiger partial charge >= 0.3 is 0 Å². The van der Waals surface area contributed by atoms with E-state index in [2.05, 4.69) is 172 Å². The molecule has 8 aromatic rings. The lowest BCUT2D eigenvalue weighted by Gasteiger charge is -2.20. The third-order valence-corrected chi connectivity index (χ3v) is 9.31. The molecule has 0 heteroatoms. The fourth-order valence-electron chi connectivity index (χ4n) is 7.46. The Morgan fingerprint density at radius 1 is 0.311 bits per heavy atom. The van der Waals surface area contributed by atoms with Crippen molar-refractivity contribution in [2.75, 3.05) is 0 Å². The van der Waals surface area contributed by atoms with Crippen molar-refractivity contribution in [3.8, 4) is 44.5 Å². The lowest BCUT2D eigenvalue weighted by Crippen LogP contribution is -1.95. The maximum Gasteiger partial charge on any atom is -0.00210 e. The topological polar surface area (TPSA) is 0 Å². The van der Waals surface area contributed by atoms with Gasteiger partial charge in [0.05, 0.1) is 0 Å². The largest absolute Gasteiger partial charge is 0.0622 e. The van der Waals surface area contributed by atoms with Crippen LogP contribution in [0.4, 0.5) is 0 Å². The van der Waals surface area contributed by atoms with Crippen molar-refractivity contribution in [1.29, 1.82) is 0 Å². The lowest BCUT2D eigenvalue weighted by atomic mass is 9.83. The fraction of sp³-hybridized carbons (Fsp3) is 0.0667. The first kappa shape index (κ1) is 27.1. The maximum atomic E-state index is 2.37. The van der Waals surface area contributed by atoms with E-state index in [-0.39, 0.29) is 0 Å².